The Kier molecular flexibility index (Phi) is 5.28. The van der Waals surface area contributed by atoms with Gasteiger partial charge in [-0.25, -0.2) is 17.5 Å². The number of hydrogen-bond acceptors (Lipinski definition) is 5. The van der Waals surface area contributed by atoms with Gasteiger partial charge in [-0.05, 0) is 24.7 Å². The summed E-state index contributed by atoms with van der Waals surface area (Å²) >= 11 is 0. The van der Waals surface area contributed by atoms with Gasteiger partial charge in [-0.1, -0.05) is 6.07 Å². The highest BCUT2D eigenvalue weighted by Gasteiger charge is 2.23. The van der Waals surface area contributed by atoms with Crippen molar-refractivity contribution in [3.8, 4) is 0 Å². The van der Waals surface area contributed by atoms with Crippen LogP contribution >= 0.6 is 0 Å². The zero-order valence-electron chi connectivity index (χ0n) is 11.9. The van der Waals surface area contributed by atoms with Crippen LogP contribution < -0.4 is 10.5 Å². The van der Waals surface area contributed by atoms with Gasteiger partial charge in [0.2, 0.25) is 10.0 Å². The average Bonchev–Trinajstić information content (AvgIpc) is 2.45. The van der Waals surface area contributed by atoms with Gasteiger partial charge in [-0.15, -0.1) is 0 Å². The predicted molar refractivity (Wildman–Crippen MR) is 76.7 cm³/mol. The van der Waals surface area contributed by atoms with E-state index >= 15 is 0 Å². The van der Waals surface area contributed by atoms with E-state index in [0.29, 0.717) is 18.7 Å². The summed E-state index contributed by atoms with van der Waals surface area (Å²) in [7, 11) is -1.96. The molecule has 1 aromatic rings. The molecule has 1 atom stereocenters. The molecule has 0 aliphatic carbocycles. The van der Waals surface area contributed by atoms with Crippen LogP contribution in [0.15, 0.2) is 23.1 Å². The fourth-order valence-corrected chi connectivity index (χ4v) is 3.28. The number of morpholine rings is 1. The standard InChI is InChI=1S/C13H20FN3O3S/c1-17-4-5-20-11(9-17)8-16-21(18,19)13-3-2-10(7-15)6-12(13)14/h2-3,6,11,16H,4-5,7-9,15H2,1H3. The van der Waals surface area contributed by atoms with Crippen molar-refractivity contribution < 1.29 is 17.5 Å². The molecule has 1 heterocycles. The number of hydrogen-bond donors (Lipinski definition) is 2. The second-order valence-electron chi connectivity index (χ2n) is 5.08. The lowest BCUT2D eigenvalue weighted by Gasteiger charge is -2.30. The molecule has 0 spiro atoms. The smallest absolute Gasteiger partial charge is 0.243 e. The Morgan fingerprint density at radius 2 is 2.29 bits per heavy atom. The molecule has 1 aromatic carbocycles. The maximum Gasteiger partial charge on any atom is 0.243 e. The average molecular weight is 317 g/mol. The van der Waals surface area contributed by atoms with Crippen LogP contribution in [0, 0.1) is 5.82 Å². The number of nitrogens with two attached hydrogens (primary N) is 1. The Balaban J connectivity index is 2.04. The number of benzene rings is 1. The van der Waals surface area contributed by atoms with Crippen LogP contribution in [0.2, 0.25) is 0 Å². The van der Waals surface area contributed by atoms with Crippen molar-refractivity contribution in [3.63, 3.8) is 0 Å². The second-order valence-corrected chi connectivity index (χ2v) is 6.81. The van der Waals surface area contributed by atoms with Crippen LogP contribution in [0.4, 0.5) is 4.39 Å². The summed E-state index contributed by atoms with van der Waals surface area (Å²) in [4.78, 5) is 1.68. The third kappa shape index (κ3) is 4.21. The summed E-state index contributed by atoms with van der Waals surface area (Å²) < 4.78 is 46.0. The lowest BCUT2D eigenvalue weighted by atomic mass is 10.2. The lowest BCUT2D eigenvalue weighted by molar-refractivity contribution is -0.0156. The molecule has 1 unspecified atom stereocenters. The number of halogens is 1. The van der Waals surface area contributed by atoms with Gasteiger partial charge in [0.1, 0.15) is 10.7 Å². The third-order valence-corrected chi connectivity index (χ3v) is 4.82. The highest BCUT2D eigenvalue weighted by atomic mass is 32.2. The predicted octanol–water partition coefficient (Wildman–Crippen LogP) is -0.107. The topological polar surface area (TPSA) is 84.7 Å². The van der Waals surface area contributed by atoms with E-state index in [4.69, 9.17) is 10.5 Å². The molecule has 2 rings (SSSR count). The Bertz CT molecular complexity index is 594. The molecule has 1 saturated heterocycles. The summed E-state index contributed by atoms with van der Waals surface area (Å²) in [5, 5.41) is 0. The van der Waals surface area contributed by atoms with Crippen molar-refractivity contribution in [3.05, 3.63) is 29.6 Å². The summed E-state index contributed by atoms with van der Waals surface area (Å²) in [6, 6.07) is 3.87. The van der Waals surface area contributed by atoms with Crippen molar-refractivity contribution >= 4 is 10.0 Å². The summed E-state index contributed by atoms with van der Waals surface area (Å²) in [5.74, 6) is -0.799. The van der Waals surface area contributed by atoms with Gasteiger partial charge in [0.05, 0.1) is 12.7 Å². The molecule has 1 aliphatic rings. The molecule has 3 N–H and O–H groups in total. The molecule has 1 fully saturated rings. The molecule has 0 saturated carbocycles. The van der Waals surface area contributed by atoms with Crippen molar-refractivity contribution in [2.75, 3.05) is 33.3 Å². The molecule has 0 aromatic heterocycles. The van der Waals surface area contributed by atoms with Crippen molar-refractivity contribution in [1.29, 1.82) is 0 Å². The van der Waals surface area contributed by atoms with Crippen molar-refractivity contribution in [2.24, 2.45) is 5.73 Å². The number of likely N-dealkylation sites (N-methyl/N-ethyl adjacent to an activating group) is 1. The van der Waals surface area contributed by atoms with Crippen molar-refractivity contribution in [1.82, 2.24) is 9.62 Å². The minimum atomic E-state index is -3.90. The zero-order valence-corrected chi connectivity index (χ0v) is 12.7. The third-order valence-electron chi connectivity index (χ3n) is 3.36. The van der Waals surface area contributed by atoms with Crippen LogP contribution in [0.1, 0.15) is 5.56 Å². The van der Waals surface area contributed by atoms with Crippen LogP contribution in [0.3, 0.4) is 0 Å². The van der Waals surface area contributed by atoms with Gasteiger partial charge in [0, 0.05) is 26.2 Å². The first-order chi connectivity index (χ1) is 9.92. The van der Waals surface area contributed by atoms with Gasteiger partial charge in [0.15, 0.2) is 0 Å². The first kappa shape index (κ1) is 16.3. The fraction of sp³-hybridized carbons (Fsp3) is 0.538. The molecule has 6 nitrogen and oxygen atoms in total. The Hall–Kier alpha value is -1.06. The zero-order chi connectivity index (χ0) is 15.5. The summed E-state index contributed by atoms with van der Waals surface area (Å²) in [6.07, 6.45) is -0.232. The number of sulfonamides is 1. The maximum atomic E-state index is 13.8. The molecule has 0 radical (unpaired) electrons. The van der Waals surface area contributed by atoms with E-state index in [2.05, 4.69) is 9.62 Å². The van der Waals surface area contributed by atoms with Gasteiger partial charge in [-0.3, -0.25) is 0 Å². The number of nitrogens with zero attached hydrogens (tertiary/aromatic N) is 1. The number of nitrogens with one attached hydrogen (secondary N) is 1. The van der Waals surface area contributed by atoms with Crippen LogP contribution in [0.25, 0.3) is 0 Å². The van der Waals surface area contributed by atoms with E-state index < -0.39 is 15.8 Å². The van der Waals surface area contributed by atoms with E-state index in [-0.39, 0.29) is 24.1 Å². The number of ether oxygens (including phenoxy) is 1. The van der Waals surface area contributed by atoms with Gasteiger partial charge < -0.3 is 15.4 Å². The van der Waals surface area contributed by atoms with E-state index in [1.807, 2.05) is 7.05 Å². The first-order valence-electron chi connectivity index (χ1n) is 6.70. The number of rotatable bonds is 5. The summed E-state index contributed by atoms with van der Waals surface area (Å²) in [6.45, 7) is 2.29. The van der Waals surface area contributed by atoms with E-state index in [0.717, 1.165) is 12.6 Å². The highest BCUT2D eigenvalue weighted by Crippen LogP contribution is 2.16. The molecular weight excluding hydrogens is 297 g/mol. The Morgan fingerprint density at radius 3 is 2.90 bits per heavy atom. The first-order valence-corrected chi connectivity index (χ1v) is 8.19. The molecule has 1 aliphatic heterocycles. The minimum absolute atomic E-state index is 0.116. The molecule has 0 bridgehead atoms. The minimum Gasteiger partial charge on any atom is -0.374 e. The van der Waals surface area contributed by atoms with Crippen LogP contribution in [0.5, 0.6) is 0 Å². The van der Waals surface area contributed by atoms with Crippen LogP contribution in [-0.4, -0.2) is 52.7 Å². The molecule has 21 heavy (non-hydrogen) atoms. The van der Waals surface area contributed by atoms with Crippen molar-refractivity contribution in [2.45, 2.75) is 17.5 Å². The molecule has 0 amide bonds. The van der Waals surface area contributed by atoms with E-state index in [1.54, 1.807) is 0 Å². The normalized spacial score (nSPS) is 20.6. The molecule has 8 heteroatoms. The summed E-state index contributed by atoms with van der Waals surface area (Å²) in [5.41, 5.74) is 5.94. The quantitative estimate of drug-likeness (QED) is 0.792. The lowest BCUT2D eigenvalue weighted by Crippen LogP contribution is -2.45. The van der Waals surface area contributed by atoms with Gasteiger partial charge in [0.25, 0.3) is 0 Å². The Labute approximate surface area is 124 Å². The monoisotopic (exact) mass is 317 g/mol. The van der Waals surface area contributed by atoms with Gasteiger partial charge in [-0.2, -0.15) is 0 Å². The second kappa shape index (κ2) is 6.80. The van der Waals surface area contributed by atoms with E-state index in [1.165, 1.54) is 12.1 Å². The van der Waals surface area contributed by atoms with Gasteiger partial charge >= 0.3 is 0 Å². The molecule has 118 valence electrons. The van der Waals surface area contributed by atoms with E-state index in [9.17, 15) is 12.8 Å². The molecular formula is C13H20FN3O3S. The highest BCUT2D eigenvalue weighted by molar-refractivity contribution is 7.89. The largest absolute Gasteiger partial charge is 0.374 e. The Morgan fingerprint density at radius 1 is 1.52 bits per heavy atom. The van der Waals surface area contributed by atoms with Crippen LogP contribution in [-0.2, 0) is 21.3 Å². The fourth-order valence-electron chi connectivity index (χ4n) is 2.16. The SMILES string of the molecule is CN1CCOC(CNS(=O)(=O)c2ccc(CN)cc2F)C1. The maximum absolute atomic E-state index is 13.8.